The maximum absolute atomic E-state index is 13.7. The Kier molecular flexibility index (Phi) is 3.97. The van der Waals surface area contributed by atoms with Crippen LogP contribution in [0.3, 0.4) is 0 Å². The lowest BCUT2D eigenvalue weighted by atomic mass is 9.99. The lowest BCUT2D eigenvalue weighted by Gasteiger charge is -2.21. The van der Waals surface area contributed by atoms with Crippen molar-refractivity contribution in [1.29, 1.82) is 0 Å². The topological polar surface area (TPSA) is 58.9 Å². The fourth-order valence-electron chi connectivity index (χ4n) is 1.88. The van der Waals surface area contributed by atoms with Crippen molar-refractivity contribution < 1.29 is 24.1 Å². The van der Waals surface area contributed by atoms with Gasteiger partial charge in [0.25, 0.3) is 0 Å². The molecule has 0 saturated carbocycles. The number of aliphatic hydroxyl groups excluding tert-OH is 1. The van der Waals surface area contributed by atoms with Crippen LogP contribution in [0.2, 0.25) is 0 Å². The van der Waals surface area contributed by atoms with Crippen LogP contribution in [-0.4, -0.2) is 41.0 Å². The molecule has 2 rings (SSSR count). The Hall–Kier alpha value is -1.01. The van der Waals surface area contributed by atoms with E-state index >= 15 is 0 Å². The van der Waals surface area contributed by atoms with Gasteiger partial charge in [-0.3, -0.25) is 0 Å². The van der Waals surface area contributed by atoms with Crippen molar-refractivity contribution in [2.45, 2.75) is 37.7 Å². The number of ether oxygens (including phenoxy) is 2. The van der Waals surface area contributed by atoms with Crippen LogP contribution in [-0.2, 0) is 16.1 Å². The third-order valence-corrected chi connectivity index (χ3v) is 3.08. The number of hydrogen-bond acceptors (Lipinski definition) is 4. The molecule has 100 valence electrons. The molecule has 0 amide bonds. The van der Waals surface area contributed by atoms with Crippen molar-refractivity contribution in [2.24, 2.45) is 0 Å². The first-order valence-corrected chi connectivity index (χ1v) is 5.83. The maximum Gasteiger partial charge on any atom is 0.187 e. The summed E-state index contributed by atoms with van der Waals surface area (Å²) >= 11 is 0. The Bertz CT molecular complexity index is 382. The molecule has 4 atom stereocenters. The van der Waals surface area contributed by atoms with Crippen LogP contribution in [0.5, 0.6) is 0 Å². The molecular formula is C13H17FO4. The quantitative estimate of drug-likeness (QED) is 0.844. The van der Waals surface area contributed by atoms with E-state index in [9.17, 15) is 14.6 Å². The predicted molar refractivity (Wildman–Crippen MR) is 62.5 cm³/mol. The van der Waals surface area contributed by atoms with Crippen molar-refractivity contribution >= 4 is 0 Å². The summed E-state index contributed by atoms with van der Waals surface area (Å²) < 4.78 is 24.0. The zero-order valence-corrected chi connectivity index (χ0v) is 10.1. The van der Waals surface area contributed by atoms with Crippen molar-refractivity contribution in [2.75, 3.05) is 6.61 Å². The largest absolute Gasteiger partial charge is 0.382 e. The van der Waals surface area contributed by atoms with Gasteiger partial charge in [0.2, 0.25) is 0 Å². The standard InChI is InChI=1S/C13H17FO4/c1-13(16)11(14)10(18-12(13)15)8-17-7-9-5-3-2-4-6-9/h2-6,10-12,15-16H,7-8H2,1H3/t10-,11+,12?,13-/m1/s1. The van der Waals surface area contributed by atoms with E-state index in [1.807, 2.05) is 30.3 Å². The third kappa shape index (κ3) is 2.70. The smallest absolute Gasteiger partial charge is 0.187 e. The highest BCUT2D eigenvalue weighted by Gasteiger charge is 2.52. The summed E-state index contributed by atoms with van der Waals surface area (Å²) in [6.45, 7) is 1.54. The molecule has 0 aliphatic carbocycles. The van der Waals surface area contributed by atoms with Gasteiger partial charge in [0, 0.05) is 0 Å². The van der Waals surface area contributed by atoms with Gasteiger partial charge in [-0.05, 0) is 12.5 Å². The first kappa shape index (κ1) is 13.4. The SMILES string of the molecule is C[C@]1(O)C(O)O[C@H](COCc2ccccc2)[C@@H]1F. The third-order valence-electron chi connectivity index (χ3n) is 3.08. The van der Waals surface area contributed by atoms with Crippen molar-refractivity contribution in [3.63, 3.8) is 0 Å². The molecule has 1 unspecified atom stereocenters. The van der Waals surface area contributed by atoms with Gasteiger partial charge in [-0.15, -0.1) is 0 Å². The fraction of sp³-hybridized carbons (Fsp3) is 0.538. The van der Waals surface area contributed by atoms with Crippen LogP contribution in [0, 0.1) is 0 Å². The normalized spacial score (nSPS) is 35.9. The average Bonchev–Trinajstić information content (AvgIpc) is 2.55. The molecule has 1 aliphatic rings. The van der Waals surface area contributed by atoms with Crippen LogP contribution in [0.1, 0.15) is 12.5 Å². The van der Waals surface area contributed by atoms with Gasteiger partial charge in [0.1, 0.15) is 11.7 Å². The Morgan fingerprint density at radius 1 is 1.39 bits per heavy atom. The van der Waals surface area contributed by atoms with E-state index in [1.54, 1.807) is 0 Å². The van der Waals surface area contributed by atoms with Gasteiger partial charge in [0.05, 0.1) is 13.2 Å². The summed E-state index contributed by atoms with van der Waals surface area (Å²) in [5.74, 6) is 0. The zero-order valence-electron chi connectivity index (χ0n) is 10.1. The van der Waals surface area contributed by atoms with Crippen LogP contribution in [0.15, 0.2) is 30.3 Å². The first-order valence-electron chi connectivity index (χ1n) is 5.83. The van der Waals surface area contributed by atoms with Crippen molar-refractivity contribution in [3.8, 4) is 0 Å². The van der Waals surface area contributed by atoms with Gasteiger partial charge in [0.15, 0.2) is 12.5 Å². The van der Waals surface area contributed by atoms with E-state index in [0.717, 1.165) is 5.56 Å². The highest BCUT2D eigenvalue weighted by molar-refractivity contribution is 5.13. The first-order chi connectivity index (χ1) is 8.51. The highest BCUT2D eigenvalue weighted by Crippen LogP contribution is 2.32. The van der Waals surface area contributed by atoms with E-state index < -0.39 is 24.2 Å². The molecule has 1 saturated heterocycles. The molecule has 4 nitrogen and oxygen atoms in total. The van der Waals surface area contributed by atoms with Gasteiger partial charge >= 0.3 is 0 Å². The van der Waals surface area contributed by atoms with Gasteiger partial charge in [-0.2, -0.15) is 0 Å². The predicted octanol–water partition coefficient (Wildman–Crippen LogP) is 1.01. The molecular weight excluding hydrogens is 239 g/mol. The zero-order chi connectivity index (χ0) is 13.2. The van der Waals surface area contributed by atoms with E-state index in [2.05, 4.69) is 0 Å². The second-order valence-electron chi connectivity index (χ2n) is 4.66. The number of rotatable bonds is 4. The lowest BCUT2D eigenvalue weighted by Crippen LogP contribution is -2.43. The van der Waals surface area contributed by atoms with Crippen LogP contribution in [0.4, 0.5) is 4.39 Å². The van der Waals surface area contributed by atoms with E-state index in [-0.39, 0.29) is 6.61 Å². The van der Waals surface area contributed by atoms with E-state index in [0.29, 0.717) is 6.61 Å². The number of halogens is 1. The molecule has 1 fully saturated rings. The average molecular weight is 256 g/mol. The molecule has 1 aromatic carbocycles. The molecule has 0 spiro atoms. The van der Waals surface area contributed by atoms with Crippen molar-refractivity contribution in [3.05, 3.63) is 35.9 Å². The lowest BCUT2D eigenvalue weighted by molar-refractivity contribution is -0.169. The molecule has 5 heteroatoms. The number of benzene rings is 1. The van der Waals surface area contributed by atoms with Gasteiger partial charge < -0.3 is 19.7 Å². The Balaban J connectivity index is 1.82. The highest BCUT2D eigenvalue weighted by atomic mass is 19.1. The fourth-order valence-corrected chi connectivity index (χ4v) is 1.88. The molecule has 1 heterocycles. The number of alkyl halides is 1. The van der Waals surface area contributed by atoms with Crippen LogP contribution in [0.25, 0.3) is 0 Å². The van der Waals surface area contributed by atoms with E-state index in [1.165, 1.54) is 6.92 Å². The minimum Gasteiger partial charge on any atom is -0.382 e. The molecule has 18 heavy (non-hydrogen) atoms. The molecule has 1 aromatic rings. The number of aliphatic hydroxyl groups is 2. The summed E-state index contributed by atoms with van der Waals surface area (Å²) in [6.07, 6.45) is -4.13. The molecule has 2 N–H and O–H groups in total. The Morgan fingerprint density at radius 2 is 2.06 bits per heavy atom. The van der Waals surface area contributed by atoms with Crippen LogP contribution < -0.4 is 0 Å². The maximum atomic E-state index is 13.7. The molecule has 0 bridgehead atoms. The van der Waals surface area contributed by atoms with Gasteiger partial charge in [-0.25, -0.2) is 4.39 Å². The second-order valence-corrected chi connectivity index (χ2v) is 4.66. The number of hydrogen-bond donors (Lipinski definition) is 2. The summed E-state index contributed by atoms with van der Waals surface area (Å²) in [6, 6.07) is 9.46. The van der Waals surface area contributed by atoms with Crippen molar-refractivity contribution in [1.82, 2.24) is 0 Å². The Labute approximate surface area is 105 Å². The monoisotopic (exact) mass is 256 g/mol. The minimum atomic E-state index is -1.87. The summed E-state index contributed by atoms with van der Waals surface area (Å²) in [7, 11) is 0. The second kappa shape index (κ2) is 5.32. The van der Waals surface area contributed by atoms with E-state index in [4.69, 9.17) is 9.47 Å². The molecule has 0 aromatic heterocycles. The summed E-state index contributed by atoms with van der Waals surface area (Å²) in [4.78, 5) is 0. The Morgan fingerprint density at radius 3 is 2.61 bits per heavy atom. The minimum absolute atomic E-state index is 0.0106. The summed E-state index contributed by atoms with van der Waals surface area (Å²) in [5, 5.41) is 19.0. The summed E-state index contributed by atoms with van der Waals surface area (Å²) in [5.41, 5.74) is -0.904. The molecule has 1 aliphatic heterocycles. The molecule has 0 radical (unpaired) electrons. The van der Waals surface area contributed by atoms with Gasteiger partial charge in [-0.1, -0.05) is 30.3 Å². The van der Waals surface area contributed by atoms with Crippen LogP contribution >= 0.6 is 0 Å².